The molecule has 0 aliphatic rings. The van der Waals surface area contributed by atoms with Crippen LogP contribution in [0.25, 0.3) is 0 Å². The number of benzene rings is 1. The van der Waals surface area contributed by atoms with Gasteiger partial charge < -0.3 is 0 Å². The summed E-state index contributed by atoms with van der Waals surface area (Å²) >= 11 is 3.31. The minimum atomic E-state index is 0.547. The first kappa shape index (κ1) is 9.53. The maximum absolute atomic E-state index is 3.31. The first-order valence-electron chi connectivity index (χ1n) is 4.20. The molecule has 1 aromatic carbocycles. The Morgan fingerprint density at radius 1 is 1.33 bits per heavy atom. The zero-order valence-corrected chi connectivity index (χ0v) is 8.79. The van der Waals surface area contributed by atoms with Crippen molar-refractivity contribution in [3.05, 3.63) is 47.0 Å². The van der Waals surface area contributed by atoms with Crippen molar-refractivity contribution in [2.45, 2.75) is 19.3 Å². The van der Waals surface area contributed by atoms with E-state index >= 15 is 0 Å². The van der Waals surface area contributed by atoms with Crippen molar-refractivity contribution in [1.82, 2.24) is 0 Å². The lowest BCUT2D eigenvalue weighted by Gasteiger charge is -2.08. The fraction of sp³-hybridized carbons (Fsp3) is 0.273. The number of hydrogen-bond acceptors (Lipinski definition) is 0. The second kappa shape index (κ2) is 5.15. The van der Waals surface area contributed by atoms with E-state index < -0.39 is 0 Å². The van der Waals surface area contributed by atoms with Gasteiger partial charge in [0.2, 0.25) is 0 Å². The van der Waals surface area contributed by atoms with Crippen molar-refractivity contribution in [2.24, 2.45) is 0 Å². The SMILES string of the molecule is CCC(/C=C/Br)c1ccccc1. The van der Waals surface area contributed by atoms with Gasteiger partial charge >= 0.3 is 0 Å². The zero-order valence-electron chi connectivity index (χ0n) is 7.20. The molecule has 0 aliphatic heterocycles. The Balaban J connectivity index is 2.80. The third-order valence-corrected chi connectivity index (χ3v) is 2.28. The Kier molecular flexibility index (Phi) is 4.09. The van der Waals surface area contributed by atoms with E-state index in [1.165, 1.54) is 5.56 Å². The molecule has 12 heavy (non-hydrogen) atoms. The molecular formula is C11H13Br. The van der Waals surface area contributed by atoms with Crippen molar-refractivity contribution in [3.63, 3.8) is 0 Å². The molecule has 0 amide bonds. The van der Waals surface area contributed by atoms with E-state index in [0.717, 1.165) is 6.42 Å². The molecule has 1 atom stereocenters. The normalized spacial score (nSPS) is 13.5. The molecule has 1 aromatic rings. The highest BCUT2D eigenvalue weighted by Gasteiger charge is 2.02. The molecule has 0 aliphatic carbocycles. The van der Waals surface area contributed by atoms with Crippen LogP contribution in [0.5, 0.6) is 0 Å². The Hall–Kier alpha value is -0.560. The van der Waals surface area contributed by atoms with E-state index in [0.29, 0.717) is 5.92 Å². The third-order valence-electron chi connectivity index (χ3n) is 1.97. The Bertz CT molecular complexity index is 238. The molecule has 0 spiro atoms. The molecule has 0 N–H and O–H groups in total. The molecule has 0 fully saturated rings. The van der Waals surface area contributed by atoms with Gasteiger partial charge in [-0.1, -0.05) is 59.3 Å². The van der Waals surface area contributed by atoms with E-state index in [9.17, 15) is 0 Å². The molecule has 1 rings (SSSR count). The molecule has 1 heteroatoms. The van der Waals surface area contributed by atoms with Crippen LogP contribution in [-0.4, -0.2) is 0 Å². The Morgan fingerprint density at radius 2 is 2.00 bits per heavy atom. The largest absolute Gasteiger partial charge is 0.0701 e. The van der Waals surface area contributed by atoms with Crippen molar-refractivity contribution in [1.29, 1.82) is 0 Å². The summed E-state index contributed by atoms with van der Waals surface area (Å²) in [4.78, 5) is 1.94. The van der Waals surface area contributed by atoms with E-state index in [1.807, 2.05) is 11.1 Å². The van der Waals surface area contributed by atoms with Gasteiger partial charge in [-0.2, -0.15) is 0 Å². The van der Waals surface area contributed by atoms with Gasteiger partial charge in [-0.3, -0.25) is 0 Å². The highest BCUT2D eigenvalue weighted by Crippen LogP contribution is 2.20. The number of hydrogen-bond donors (Lipinski definition) is 0. The van der Waals surface area contributed by atoms with E-state index in [2.05, 4.69) is 53.2 Å². The first-order valence-corrected chi connectivity index (χ1v) is 5.12. The number of halogens is 1. The molecule has 64 valence electrons. The molecular weight excluding hydrogens is 212 g/mol. The van der Waals surface area contributed by atoms with Crippen LogP contribution in [0.3, 0.4) is 0 Å². The summed E-state index contributed by atoms with van der Waals surface area (Å²) in [5.41, 5.74) is 1.38. The summed E-state index contributed by atoms with van der Waals surface area (Å²) in [5, 5.41) is 0. The van der Waals surface area contributed by atoms with Crippen molar-refractivity contribution < 1.29 is 0 Å². The number of rotatable bonds is 3. The minimum absolute atomic E-state index is 0.547. The second-order valence-electron chi connectivity index (χ2n) is 2.74. The summed E-state index contributed by atoms with van der Waals surface area (Å²) in [6.45, 7) is 2.20. The summed E-state index contributed by atoms with van der Waals surface area (Å²) < 4.78 is 0. The summed E-state index contributed by atoms with van der Waals surface area (Å²) in [6, 6.07) is 10.6. The lowest BCUT2D eigenvalue weighted by atomic mass is 9.97. The van der Waals surface area contributed by atoms with Crippen LogP contribution >= 0.6 is 15.9 Å². The van der Waals surface area contributed by atoms with E-state index in [4.69, 9.17) is 0 Å². The molecule has 0 aromatic heterocycles. The quantitative estimate of drug-likeness (QED) is 0.726. The molecule has 0 saturated carbocycles. The Labute approximate surface area is 82.4 Å². The Morgan fingerprint density at radius 3 is 2.50 bits per heavy atom. The summed E-state index contributed by atoms with van der Waals surface area (Å²) in [7, 11) is 0. The summed E-state index contributed by atoms with van der Waals surface area (Å²) in [6.07, 6.45) is 3.32. The molecule has 0 bridgehead atoms. The minimum Gasteiger partial charge on any atom is -0.0701 e. The third kappa shape index (κ3) is 2.49. The predicted octanol–water partition coefficient (Wildman–Crippen LogP) is 4.09. The average Bonchev–Trinajstić information content (AvgIpc) is 2.15. The van der Waals surface area contributed by atoms with Crippen LogP contribution < -0.4 is 0 Å². The van der Waals surface area contributed by atoms with Gasteiger partial charge in [0.05, 0.1) is 0 Å². The van der Waals surface area contributed by atoms with Gasteiger partial charge in [0, 0.05) is 5.92 Å². The monoisotopic (exact) mass is 224 g/mol. The lowest BCUT2D eigenvalue weighted by Crippen LogP contribution is -1.91. The van der Waals surface area contributed by atoms with Crippen LogP contribution in [0.2, 0.25) is 0 Å². The molecule has 1 unspecified atom stereocenters. The smallest absolute Gasteiger partial charge is 0.00235 e. The highest BCUT2D eigenvalue weighted by molar-refractivity contribution is 9.11. The maximum atomic E-state index is 3.31. The lowest BCUT2D eigenvalue weighted by molar-refractivity contribution is 0.807. The van der Waals surface area contributed by atoms with E-state index in [1.54, 1.807) is 0 Å². The fourth-order valence-electron chi connectivity index (χ4n) is 1.27. The van der Waals surface area contributed by atoms with Crippen LogP contribution in [0, 0.1) is 0 Å². The molecule has 0 nitrogen and oxygen atoms in total. The van der Waals surface area contributed by atoms with Crippen LogP contribution in [0.1, 0.15) is 24.8 Å². The van der Waals surface area contributed by atoms with Crippen molar-refractivity contribution in [2.75, 3.05) is 0 Å². The molecule has 0 heterocycles. The van der Waals surface area contributed by atoms with Gasteiger partial charge in [0.15, 0.2) is 0 Å². The van der Waals surface area contributed by atoms with E-state index in [-0.39, 0.29) is 0 Å². The van der Waals surface area contributed by atoms with Crippen LogP contribution in [0.15, 0.2) is 41.4 Å². The van der Waals surface area contributed by atoms with Gasteiger partial charge in [-0.15, -0.1) is 0 Å². The fourth-order valence-corrected chi connectivity index (χ4v) is 1.64. The predicted molar refractivity (Wildman–Crippen MR) is 57.5 cm³/mol. The first-order chi connectivity index (χ1) is 5.88. The second-order valence-corrected chi connectivity index (χ2v) is 3.27. The van der Waals surface area contributed by atoms with Gasteiger partial charge in [0.1, 0.15) is 0 Å². The van der Waals surface area contributed by atoms with Crippen molar-refractivity contribution in [3.8, 4) is 0 Å². The topological polar surface area (TPSA) is 0 Å². The van der Waals surface area contributed by atoms with Gasteiger partial charge in [-0.05, 0) is 17.0 Å². The average molecular weight is 225 g/mol. The standard InChI is InChI=1S/C11H13Br/c1-2-10(8-9-12)11-6-4-3-5-7-11/h3-10H,2H2,1H3/b9-8+. The van der Waals surface area contributed by atoms with Crippen molar-refractivity contribution >= 4 is 15.9 Å². The maximum Gasteiger partial charge on any atom is 0.00235 e. The van der Waals surface area contributed by atoms with Crippen LogP contribution in [-0.2, 0) is 0 Å². The van der Waals surface area contributed by atoms with Crippen LogP contribution in [0.4, 0.5) is 0 Å². The number of allylic oxidation sites excluding steroid dienone is 1. The molecule has 0 radical (unpaired) electrons. The zero-order chi connectivity index (χ0) is 8.81. The van der Waals surface area contributed by atoms with Gasteiger partial charge in [0.25, 0.3) is 0 Å². The summed E-state index contributed by atoms with van der Waals surface area (Å²) in [5.74, 6) is 0.547. The molecule has 0 saturated heterocycles. The highest BCUT2D eigenvalue weighted by atomic mass is 79.9. The van der Waals surface area contributed by atoms with Gasteiger partial charge in [-0.25, -0.2) is 0 Å².